The van der Waals surface area contributed by atoms with Crippen molar-refractivity contribution in [3.05, 3.63) is 17.5 Å². The minimum Gasteiger partial charge on any atom is -0.379 e. The number of hydrogen-bond donors (Lipinski definition) is 0. The summed E-state index contributed by atoms with van der Waals surface area (Å²) in [6, 6.07) is 2.47. The van der Waals surface area contributed by atoms with Crippen molar-refractivity contribution in [1.29, 1.82) is 0 Å². The summed E-state index contributed by atoms with van der Waals surface area (Å²) in [4.78, 5) is 17.4. The predicted molar refractivity (Wildman–Crippen MR) is 97.5 cm³/mol. The van der Waals surface area contributed by atoms with Crippen molar-refractivity contribution in [3.8, 4) is 0 Å². The lowest BCUT2D eigenvalue weighted by Gasteiger charge is -2.37. The van der Waals surface area contributed by atoms with Crippen LogP contribution in [0.1, 0.15) is 43.5 Å². The molecule has 6 nitrogen and oxygen atoms in total. The summed E-state index contributed by atoms with van der Waals surface area (Å²) in [6.07, 6.45) is 5.17. The Hall–Kier alpha value is -1.40. The van der Waals surface area contributed by atoms with E-state index in [1.165, 1.54) is 6.42 Å². The highest BCUT2D eigenvalue weighted by Crippen LogP contribution is 2.21. The molecule has 140 valence electrons. The summed E-state index contributed by atoms with van der Waals surface area (Å²) < 4.78 is 7.38. The summed E-state index contributed by atoms with van der Waals surface area (Å²) in [6.45, 7) is 10.5. The molecular weight excluding hydrogens is 316 g/mol. The molecule has 2 aliphatic heterocycles. The molecule has 0 N–H and O–H groups in total. The number of morpholine rings is 1. The van der Waals surface area contributed by atoms with Gasteiger partial charge in [-0.2, -0.15) is 5.10 Å². The van der Waals surface area contributed by atoms with E-state index in [2.05, 4.69) is 27.9 Å². The summed E-state index contributed by atoms with van der Waals surface area (Å²) in [5.41, 5.74) is 2.15. The molecule has 3 heterocycles. The number of amides is 1. The van der Waals surface area contributed by atoms with Crippen LogP contribution in [0.5, 0.6) is 0 Å². The maximum absolute atomic E-state index is 12.8. The van der Waals surface area contributed by atoms with E-state index in [4.69, 9.17) is 4.74 Å². The molecule has 2 saturated heterocycles. The summed E-state index contributed by atoms with van der Waals surface area (Å²) in [5, 5.41) is 4.47. The molecule has 0 spiro atoms. The van der Waals surface area contributed by atoms with Gasteiger partial charge in [0.05, 0.1) is 18.9 Å². The number of rotatable bonds is 6. The average Bonchev–Trinajstić information content (AvgIpc) is 2.96. The van der Waals surface area contributed by atoms with Crippen LogP contribution in [0.15, 0.2) is 6.07 Å². The van der Waals surface area contributed by atoms with Crippen molar-refractivity contribution in [2.24, 2.45) is 0 Å². The number of hydrogen-bond acceptors (Lipinski definition) is 4. The maximum atomic E-state index is 12.8. The van der Waals surface area contributed by atoms with Crippen LogP contribution in [0.25, 0.3) is 0 Å². The van der Waals surface area contributed by atoms with Crippen LogP contribution in [0, 0.1) is 13.8 Å². The second kappa shape index (κ2) is 8.81. The van der Waals surface area contributed by atoms with Crippen molar-refractivity contribution in [2.75, 3.05) is 39.4 Å². The molecular formula is C19H32N4O2. The van der Waals surface area contributed by atoms with Crippen LogP contribution < -0.4 is 0 Å². The van der Waals surface area contributed by atoms with Gasteiger partial charge in [0.25, 0.3) is 0 Å². The topological polar surface area (TPSA) is 50.6 Å². The minimum atomic E-state index is 0.291. The standard InChI is InChI=1S/C19H32N4O2/c1-16-15-17(2)23(20-16)10-7-19(24)22-8-4-3-5-18(22)6-9-21-11-13-25-14-12-21/h15,18H,3-14H2,1-2H3. The van der Waals surface area contributed by atoms with E-state index in [-0.39, 0.29) is 0 Å². The minimum absolute atomic E-state index is 0.291. The molecule has 1 amide bonds. The van der Waals surface area contributed by atoms with Gasteiger partial charge in [0.15, 0.2) is 0 Å². The number of aryl methyl sites for hydroxylation is 3. The van der Waals surface area contributed by atoms with Crippen LogP contribution in [-0.2, 0) is 16.1 Å². The average molecular weight is 348 g/mol. The first-order valence-corrected chi connectivity index (χ1v) is 9.74. The third-order valence-electron chi connectivity index (χ3n) is 5.47. The van der Waals surface area contributed by atoms with Gasteiger partial charge < -0.3 is 9.64 Å². The molecule has 0 radical (unpaired) electrons. The molecule has 6 heteroatoms. The second-order valence-corrected chi connectivity index (χ2v) is 7.38. The molecule has 0 saturated carbocycles. The van der Waals surface area contributed by atoms with Gasteiger partial charge in [0.2, 0.25) is 5.91 Å². The highest BCUT2D eigenvalue weighted by Gasteiger charge is 2.27. The molecule has 1 aromatic rings. The zero-order chi connectivity index (χ0) is 17.6. The quantitative estimate of drug-likeness (QED) is 0.789. The van der Waals surface area contributed by atoms with Crippen LogP contribution in [0.2, 0.25) is 0 Å². The number of piperidine rings is 1. The summed E-state index contributed by atoms with van der Waals surface area (Å²) in [7, 11) is 0. The monoisotopic (exact) mass is 348 g/mol. The number of carbonyl (C=O) groups excluding carboxylic acids is 1. The Morgan fingerprint density at radius 2 is 2.00 bits per heavy atom. The third kappa shape index (κ3) is 5.05. The number of aromatic nitrogens is 2. The highest BCUT2D eigenvalue weighted by atomic mass is 16.5. The lowest BCUT2D eigenvalue weighted by molar-refractivity contribution is -0.135. The van der Waals surface area contributed by atoms with Crippen LogP contribution in [0.3, 0.4) is 0 Å². The van der Waals surface area contributed by atoms with Gasteiger partial charge in [-0.05, 0) is 45.6 Å². The fourth-order valence-corrected chi connectivity index (χ4v) is 4.03. The van der Waals surface area contributed by atoms with Crippen LogP contribution in [-0.4, -0.2) is 70.9 Å². The molecule has 0 aromatic carbocycles. The number of nitrogens with zero attached hydrogens (tertiary/aromatic N) is 4. The highest BCUT2D eigenvalue weighted by molar-refractivity contribution is 5.76. The smallest absolute Gasteiger partial charge is 0.224 e. The van der Waals surface area contributed by atoms with Gasteiger partial charge in [-0.25, -0.2) is 0 Å². The van der Waals surface area contributed by atoms with E-state index >= 15 is 0 Å². The molecule has 1 unspecified atom stereocenters. The van der Waals surface area contributed by atoms with Crippen LogP contribution in [0.4, 0.5) is 0 Å². The van der Waals surface area contributed by atoms with Crippen molar-refractivity contribution in [2.45, 2.75) is 58.5 Å². The van der Waals surface area contributed by atoms with Crippen molar-refractivity contribution in [1.82, 2.24) is 19.6 Å². The second-order valence-electron chi connectivity index (χ2n) is 7.38. The molecule has 3 rings (SSSR count). The largest absolute Gasteiger partial charge is 0.379 e. The van der Waals surface area contributed by atoms with Gasteiger partial charge in [-0.15, -0.1) is 0 Å². The number of likely N-dealkylation sites (tertiary alicyclic amines) is 1. The van der Waals surface area contributed by atoms with Gasteiger partial charge in [-0.1, -0.05) is 0 Å². The number of ether oxygens (including phenoxy) is 1. The van der Waals surface area contributed by atoms with Crippen molar-refractivity contribution < 1.29 is 9.53 Å². The summed E-state index contributed by atoms with van der Waals surface area (Å²) in [5.74, 6) is 0.291. The Morgan fingerprint density at radius 1 is 1.20 bits per heavy atom. The fraction of sp³-hybridized carbons (Fsp3) is 0.789. The van der Waals surface area contributed by atoms with E-state index in [1.807, 2.05) is 11.6 Å². The zero-order valence-corrected chi connectivity index (χ0v) is 15.7. The normalized spacial score (nSPS) is 22.3. The van der Waals surface area contributed by atoms with Gasteiger partial charge in [-0.3, -0.25) is 14.4 Å². The van der Waals surface area contributed by atoms with Crippen molar-refractivity contribution >= 4 is 5.91 Å². The van der Waals surface area contributed by atoms with Gasteiger partial charge in [0.1, 0.15) is 0 Å². The molecule has 1 atom stereocenters. The zero-order valence-electron chi connectivity index (χ0n) is 15.7. The fourth-order valence-electron chi connectivity index (χ4n) is 4.03. The van der Waals surface area contributed by atoms with E-state index in [9.17, 15) is 4.79 Å². The molecule has 2 aliphatic rings. The first kappa shape index (κ1) is 18.4. The molecule has 0 aliphatic carbocycles. The lowest BCUT2D eigenvalue weighted by atomic mass is 9.98. The first-order valence-electron chi connectivity index (χ1n) is 9.74. The number of carbonyl (C=O) groups is 1. The Bertz CT molecular complexity index is 566. The van der Waals surface area contributed by atoms with Gasteiger partial charge >= 0.3 is 0 Å². The maximum Gasteiger partial charge on any atom is 0.224 e. The Kier molecular flexibility index (Phi) is 6.48. The molecule has 25 heavy (non-hydrogen) atoms. The van der Waals surface area contributed by atoms with Gasteiger partial charge in [0, 0.05) is 50.9 Å². The van der Waals surface area contributed by atoms with Crippen molar-refractivity contribution in [3.63, 3.8) is 0 Å². The Morgan fingerprint density at radius 3 is 2.72 bits per heavy atom. The third-order valence-corrected chi connectivity index (χ3v) is 5.47. The molecule has 1 aromatic heterocycles. The predicted octanol–water partition coefficient (Wildman–Crippen LogP) is 1.99. The molecule has 2 fully saturated rings. The lowest BCUT2D eigenvalue weighted by Crippen LogP contribution is -2.46. The van der Waals surface area contributed by atoms with E-state index in [1.54, 1.807) is 0 Å². The first-order chi connectivity index (χ1) is 12.1. The van der Waals surface area contributed by atoms with E-state index in [0.717, 1.165) is 70.0 Å². The summed E-state index contributed by atoms with van der Waals surface area (Å²) >= 11 is 0. The Balaban J connectivity index is 1.50. The van der Waals surface area contributed by atoms with Crippen LogP contribution >= 0.6 is 0 Å². The molecule has 0 bridgehead atoms. The van der Waals surface area contributed by atoms with E-state index in [0.29, 0.717) is 24.9 Å². The Labute approximate surface area is 151 Å². The van der Waals surface area contributed by atoms with E-state index < -0.39 is 0 Å². The SMILES string of the molecule is Cc1cc(C)n(CCC(=O)N2CCCCC2CCN2CCOCC2)n1.